The summed E-state index contributed by atoms with van der Waals surface area (Å²) in [4.78, 5) is 10.3. The van der Waals surface area contributed by atoms with Crippen LogP contribution >= 0.6 is 0 Å². The normalized spacial score (nSPS) is 9.39. The van der Waals surface area contributed by atoms with Crippen LogP contribution in [0.3, 0.4) is 0 Å². The summed E-state index contributed by atoms with van der Waals surface area (Å²) in [5.41, 5.74) is 0.757. The maximum Gasteiger partial charge on any atom is 0.164 e. The third-order valence-corrected chi connectivity index (χ3v) is 2.09. The lowest BCUT2D eigenvalue weighted by molar-refractivity contribution is -0.104. The highest BCUT2D eigenvalue weighted by Gasteiger charge is 2.09. The van der Waals surface area contributed by atoms with Crippen LogP contribution in [0.4, 0.5) is 0 Å². The first-order valence-electron chi connectivity index (χ1n) is 5.68. The van der Waals surface area contributed by atoms with E-state index in [1.54, 1.807) is 39.5 Å². The second-order valence-corrected chi connectivity index (χ2v) is 2.94. The fourth-order valence-electron chi connectivity index (χ4n) is 1.33. The van der Waals surface area contributed by atoms with E-state index in [4.69, 9.17) is 14.2 Å². The van der Waals surface area contributed by atoms with E-state index in [0.29, 0.717) is 23.5 Å². The second-order valence-electron chi connectivity index (χ2n) is 2.94. The molecule has 18 heavy (non-hydrogen) atoms. The molecule has 0 aromatic heterocycles. The molecule has 0 aliphatic carbocycles. The summed E-state index contributed by atoms with van der Waals surface area (Å²) in [5.74, 6) is 1.80. The van der Waals surface area contributed by atoms with Gasteiger partial charge in [-0.05, 0) is 18.2 Å². The Morgan fingerprint density at radius 1 is 0.889 bits per heavy atom. The summed E-state index contributed by atoms with van der Waals surface area (Å²) in [6.07, 6.45) is 3.74. The van der Waals surface area contributed by atoms with Crippen molar-refractivity contribution < 1.29 is 19.0 Å². The minimum absolute atomic E-state index is 0.586. The van der Waals surface area contributed by atoms with Crippen molar-refractivity contribution in [2.24, 2.45) is 0 Å². The number of ether oxygens (including phenoxy) is 3. The van der Waals surface area contributed by atoms with Gasteiger partial charge in [-0.2, -0.15) is 0 Å². The number of methoxy groups -OCH3 is 3. The van der Waals surface area contributed by atoms with Crippen LogP contribution in [0, 0.1) is 0 Å². The molecule has 0 radical (unpaired) electrons. The van der Waals surface area contributed by atoms with Crippen molar-refractivity contribution in [1.29, 1.82) is 0 Å². The molecule has 1 rings (SSSR count). The Balaban J connectivity index is 0.00000137. The number of carbonyl (C=O) groups is 1. The van der Waals surface area contributed by atoms with Gasteiger partial charge >= 0.3 is 0 Å². The lowest BCUT2D eigenvalue weighted by Gasteiger charge is -2.11. The van der Waals surface area contributed by atoms with Crippen molar-refractivity contribution in [3.05, 3.63) is 23.8 Å². The topological polar surface area (TPSA) is 44.8 Å². The van der Waals surface area contributed by atoms with E-state index in [1.165, 1.54) is 6.08 Å². The van der Waals surface area contributed by atoms with E-state index in [0.717, 1.165) is 5.56 Å². The lowest BCUT2D eigenvalue weighted by Crippen LogP contribution is -1.94. The number of benzene rings is 1. The Kier molecular flexibility index (Phi) is 8.10. The van der Waals surface area contributed by atoms with E-state index >= 15 is 0 Å². The summed E-state index contributed by atoms with van der Waals surface area (Å²) in [6.45, 7) is 4.00. The molecule has 0 saturated heterocycles. The molecule has 0 saturated carbocycles. The van der Waals surface area contributed by atoms with Gasteiger partial charge in [0.2, 0.25) is 0 Å². The Morgan fingerprint density at radius 3 is 1.83 bits per heavy atom. The van der Waals surface area contributed by atoms with E-state index in [1.807, 2.05) is 13.8 Å². The number of carbonyl (C=O) groups excluding carboxylic acids is 1. The maximum absolute atomic E-state index is 10.3. The third-order valence-electron chi connectivity index (χ3n) is 2.09. The molecule has 0 atom stereocenters. The number of rotatable bonds is 5. The molecule has 1 aromatic rings. The number of allylic oxidation sites excluding steroid dienone is 1. The molecule has 0 aliphatic heterocycles. The molecule has 1 aromatic carbocycles. The highest BCUT2D eigenvalue weighted by molar-refractivity contribution is 5.76. The van der Waals surface area contributed by atoms with Crippen LogP contribution in [0.2, 0.25) is 0 Å². The van der Waals surface area contributed by atoms with Crippen LogP contribution in [-0.2, 0) is 4.79 Å². The Labute approximate surface area is 108 Å². The molecule has 100 valence electrons. The SMILES string of the molecule is CC.COc1cc(OC)c(OC)cc1/C=C/C=O. The van der Waals surface area contributed by atoms with Crippen molar-refractivity contribution in [2.75, 3.05) is 21.3 Å². The summed E-state index contributed by atoms with van der Waals surface area (Å²) in [6, 6.07) is 3.46. The van der Waals surface area contributed by atoms with Gasteiger partial charge < -0.3 is 14.2 Å². The van der Waals surface area contributed by atoms with Gasteiger partial charge in [0.05, 0.1) is 21.3 Å². The molecule has 0 unspecified atom stereocenters. The maximum atomic E-state index is 10.3. The predicted molar refractivity (Wildman–Crippen MR) is 72.5 cm³/mol. The fraction of sp³-hybridized carbons (Fsp3) is 0.357. The zero-order valence-corrected chi connectivity index (χ0v) is 11.5. The summed E-state index contributed by atoms with van der Waals surface area (Å²) >= 11 is 0. The molecule has 0 aliphatic rings. The number of aldehydes is 1. The van der Waals surface area contributed by atoms with E-state index < -0.39 is 0 Å². The number of hydrogen-bond donors (Lipinski definition) is 0. The van der Waals surface area contributed by atoms with Crippen molar-refractivity contribution in [3.8, 4) is 17.2 Å². The van der Waals surface area contributed by atoms with Crippen molar-refractivity contribution in [1.82, 2.24) is 0 Å². The van der Waals surface area contributed by atoms with Gasteiger partial charge in [-0.3, -0.25) is 4.79 Å². The van der Waals surface area contributed by atoms with Crippen LogP contribution < -0.4 is 14.2 Å². The highest BCUT2D eigenvalue weighted by Crippen LogP contribution is 2.35. The fourth-order valence-corrected chi connectivity index (χ4v) is 1.33. The Morgan fingerprint density at radius 2 is 1.39 bits per heavy atom. The standard InChI is InChI=1S/C12H14O4.C2H6/c1-14-10-8-12(16-3)11(15-2)7-9(10)5-4-6-13;1-2/h4-8H,1-3H3;1-2H3/b5-4+;. The average molecular weight is 252 g/mol. The zero-order valence-electron chi connectivity index (χ0n) is 11.5. The first-order chi connectivity index (χ1) is 8.76. The Hall–Kier alpha value is -1.97. The molecular formula is C14H20O4. The number of hydrogen-bond acceptors (Lipinski definition) is 4. The first kappa shape index (κ1) is 16.0. The van der Waals surface area contributed by atoms with Gasteiger partial charge in [-0.1, -0.05) is 13.8 Å². The molecule has 4 heteroatoms. The molecule has 0 bridgehead atoms. The van der Waals surface area contributed by atoms with Crippen LogP contribution in [0.1, 0.15) is 19.4 Å². The van der Waals surface area contributed by atoms with Crippen molar-refractivity contribution >= 4 is 12.4 Å². The predicted octanol–water partition coefficient (Wildman–Crippen LogP) is 2.95. The quantitative estimate of drug-likeness (QED) is 0.597. The first-order valence-corrected chi connectivity index (χ1v) is 5.68. The minimum atomic E-state index is 0.586. The summed E-state index contributed by atoms with van der Waals surface area (Å²) in [5, 5.41) is 0. The minimum Gasteiger partial charge on any atom is -0.496 e. The van der Waals surface area contributed by atoms with Gasteiger partial charge in [0.1, 0.15) is 12.0 Å². The summed E-state index contributed by atoms with van der Waals surface area (Å²) in [7, 11) is 4.66. The molecule has 0 amide bonds. The van der Waals surface area contributed by atoms with Crippen LogP contribution in [-0.4, -0.2) is 27.6 Å². The van der Waals surface area contributed by atoms with Gasteiger partial charge in [0.25, 0.3) is 0 Å². The molecule has 0 heterocycles. The van der Waals surface area contributed by atoms with E-state index in [2.05, 4.69) is 0 Å². The van der Waals surface area contributed by atoms with Crippen LogP contribution in [0.5, 0.6) is 17.2 Å². The molecule has 4 nitrogen and oxygen atoms in total. The molecule has 0 fully saturated rings. The van der Waals surface area contributed by atoms with Crippen molar-refractivity contribution in [3.63, 3.8) is 0 Å². The van der Waals surface area contributed by atoms with E-state index in [9.17, 15) is 4.79 Å². The van der Waals surface area contributed by atoms with Gasteiger partial charge in [0.15, 0.2) is 11.5 Å². The van der Waals surface area contributed by atoms with Crippen molar-refractivity contribution in [2.45, 2.75) is 13.8 Å². The van der Waals surface area contributed by atoms with Crippen LogP contribution in [0.25, 0.3) is 6.08 Å². The monoisotopic (exact) mass is 252 g/mol. The molecule has 0 spiro atoms. The van der Waals surface area contributed by atoms with Gasteiger partial charge in [-0.15, -0.1) is 0 Å². The van der Waals surface area contributed by atoms with Crippen LogP contribution in [0.15, 0.2) is 18.2 Å². The second kappa shape index (κ2) is 9.10. The van der Waals surface area contributed by atoms with Gasteiger partial charge in [0, 0.05) is 11.6 Å². The highest BCUT2D eigenvalue weighted by atomic mass is 16.5. The lowest BCUT2D eigenvalue weighted by atomic mass is 10.1. The smallest absolute Gasteiger partial charge is 0.164 e. The zero-order chi connectivity index (χ0) is 14.0. The Bertz CT molecular complexity index is 397. The third kappa shape index (κ3) is 4.13. The average Bonchev–Trinajstić information content (AvgIpc) is 2.46. The molecule has 0 N–H and O–H groups in total. The van der Waals surface area contributed by atoms with Gasteiger partial charge in [-0.25, -0.2) is 0 Å². The molecular weight excluding hydrogens is 232 g/mol. The van der Waals surface area contributed by atoms with E-state index in [-0.39, 0.29) is 0 Å². The largest absolute Gasteiger partial charge is 0.496 e. The summed E-state index contributed by atoms with van der Waals surface area (Å²) < 4.78 is 15.5.